The normalized spacial score (nSPS) is 11.3. The first-order chi connectivity index (χ1) is 7.29. The molecule has 2 nitrogen and oxygen atoms in total. The van der Waals surface area contributed by atoms with Gasteiger partial charge in [-0.3, -0.25) is 4.79 Å². The highest BCUT2D eigenvalue weighted by Gasteiger charge is 2.17. The molecular weight excluding hydrogens is 198 g/mol. The number of anilines is 1. The molecule has 0 saturated carbocycles. The summed E-state index contributed by atoms with van der Waals surface area (Å²) in [6, 6.07) is 7.79. The molecule has 1 aromatic carbocycles. The van der Waals surface area contributed by atoms with E-state index in [0.717, 1.165) is 11.3 Å². The summed E-state index contributed by atoms with van der Waals surface area (Å²) in [5, 5.41) is 0. The summed E-state index contributed by atoms with van der Waals surface area (Å²) in [4.78, 5) is 14.0. The van der Waals surface area contributed by atoms with E-state index in [0.29, 0.717) is 6.42 Å². The number of carbonyl (C=O) groups excluding carboxylic acids is 1. The van der Waals surface area contributed by atoms with Crippen molar-refractivity contribution < 1.29 is 4.79 Å². The standard InChI is InChI=1S/C14H21NO/c1-14(2,3)10-13(16)11-7-6-8-12(9-11)15(4)5/h6-9H,10H2,1-5H3. The molecule has 0 aliphatic heterocycles. The third kappa shape index (κ3) is 3.69. The Balaban J connectivity index is 2.88. The average molecular weight is 219 g/mol. The molecule has 1 aromatic rings. The van der Waals surface area contributed by atoms with Crippen molar-refractivity contribution >= 4 is 11.5 Å². The fourth-order valence-corrected chi connectivity index (χ4v) is 1.54. The van der Waals surface area contributed by atoms with Gasteiger partial charge in [0.25, 0.3) is 0 Å². The minimum absolute atomic E-state index is 0.0468. The van der Waals surface area contributed by atoms with Crippen LogP contribution in [0.1, 0.15) is 37.6 Å². The molecule has 0 aliphatic carbocycles. The highest BCUT2D eigenvalue weighted by molar-refractivity contribution is 5.97. The zero-order chi connectivity index (χ0) is 12.3. The van der Waals surface area contributed by atoms with Crippen LogP contribution in [0.2, 0.25) is 0 Å². The van der Waals surface area contributed by atoms with Crippen molar-refractivity contribution in [2.45, 2.75) is 27.2 Å². The van der Waals surface area contributed by atoms with E-state index < -0.39 is 0 Å². The minimum atomic E-state index is 0.0468. The van der Waals surface area contributed by atoms with E-state index >= 15 is 0 Å². The molecular formula is C14H21NO. The zero-order valence-corrected chi connectivity index (χ0v) is 10.9. The number of benzene rings is 1. The average Bonchev–Trinajstić information content (AvgIpc) is 2.15. The third-order valence-corrected chi connectivity index (χ3v) is 2.38. The fraction of sp³-hybridized carbons (Fsp3) is 0.500. The van der Waals surface area contributed by atoms with Crippen LogP contribution >= 0.6 is 0 Å². The van der Waals surface area contributed by atoms with Crippen LogP contribution in [0, 0.1) is 5.41 Å². The van der Waals surface area contributed by atoms with Gasteiger partial charge >= 0.3 is 0 Å². The second-order valence-electron chi connectivity index (χ2n) is 5.61. The van der Waals surface area contributed by atoms with Gasteiger partial charge < -0.3 is 4.90 Å². The summed E-state index contributed by atoms with van der Waals surface area (Å²) in [5.74, 6) is 0.219. The first-order valence-electron chi connectivity index (χ1n) is 5.60. The van der Waals surface area contributed by atoms with Crippen LogP contribution < -0.4 is 4.90 Å². The lowest BCUT2D eigenvalue weighted by Gasteiger charge is -2.18. The summed E-state index contributed by atoms with van der Waals surface area (Å²) in [5.41, 5.74) is 1.92. The van der Waals surface area contributed by atoms with Crippen LogP contribution in [0.25, 0.3) is 0 Å². The molecule has 0 N–H and O–H groups in total. The number of nitrogens with zero attached hydrogens (tertiary/aromatic N) is 1. The Morgan fingerprint density at radius 1 is 1.25 bits per heavy atom. The minimum Gasteiger partial charge on any atom is -0.378 e. The van der Waals surface area contributed by atoms with Gasteiger partial charge in [0.15, 0.2) is 5.78 Å². The Morgan fingerprint density at radius 2 is 1.88 bits per heavy atom. The molecule has 88 valence electrons. The van der Waals surface area contributed by atoms with Crippen molar-refractivity contribution in [3.8, 4) is 0 Å². The van der Waals surface area contributed by atoms with Crippen LogP contribution in [0.3, 0.4) is 0 Å². The number of Topliss-reactive ketones (excluding diaryl/α,β-unsaturated/α-hetero) is 1. The number of rotatable bonds is 3. The largest absolute Gasteiger partial charge is 0.378 e. The number of carbonyl (C=O) groups is 1. The quantitative estimate of drug-likeness (QED) is 0.726. The first kappa shape index (κ1) is 12.8. The van der Waals surface area contributed by atoms with E-state index in [9.17, 15) is 4.79 Å². The lowest BCUT2D eigenvalue weighted by atomic mass is 9.88. The predicted molar refractivity (Wildman–Crippen MR) is 69.2 cm³/mol. The Hall–Kier alpha value is -1.31. The second kappa shape index (κ2) is 4.69. The fourth-order valence-electron chi connectivity index (χ4n) is 1.54. The maximum atomic E-state index is 12.0. The van der Waals surface area contributed by atoms with Crippen molar-refractivity contribution in [2.75, 3.05) is 19.0 Å². The Kier molecular flexibility index (Phi) is 3.74. The van der Waals surface area contributed by atoms with Gasteiger partial charge in [-0.05, 0) is 17.5 Å². The van der Waals surface area contributed by atoms with Gasteiger partial charge in [-0.25, -0.2) is 0 Å². The molecule has 0 bridgehead atoms. The number of hydrogen-bond acceptors (Lipinski definition) is 2. The summed E-state index contributed by atoms with van der Waals surface area (Å²) < 4.78 is 0. The van der Waals surface area contributed by atoms with Gasteiger partial charge in [-0.15, -0.1) is 0 Å². The Bertz CT molecular complexity index is 375. The molecule has 0 heterocycles. The smallest absolute Gasteiger partial charge is 0.163 e. The second-order valence-corrected chi connectivity index (χ2v) is 5.61. The molecule has 0 atom stereocenters. The maximum absolute atomic E-state index is 12.0. The van der Waals surface area contributed by atoms with Gasteiger partial charge in [-0.2, -0.15) is 0 Å². The monoisotopic (exact) mass is 219 g/mol. The van der Waals surface area contributed by atoms with Crippen LogP contribution in [-0.2, 0) is 0 Å². The molecule has 2 heteroatoms. The SMILES string of the molecule is CN(C)c1cccc(C(=O)CC(C)(C)C)c1. The lowest BCUT2D eigenvalue weighted by molar-refractivity contribution is 0.0940. The lowest BCUT2D eigenvalue weighted by Crippen LogP contribution is -2.14. The highest BCUT2D eigenvalue weighted by atomic mass is 16.1. The van der Waals surface area contributed by atoms with Crippen molar-refractivity contribution in [1.82, 2.24) is 0 Å². The molecule has 0 unspecified atom stereocenters. The van der Waals surface area contributed by atoms with Gasteiger partial charge in [0.1, 0.15) is 0 Å². The molecule has 1 rings (SSSR count). The molecule has 0 radical (unpaired) electrons. The van der Waals surface area contributed by atoms with Crippen LogP contribution in [0.15, 0.2) is 24.3 Å². The molecule has 0 spiro atoms. The molecule has 0 aromatic heterocycles. The summed E-state index contributed by atoms with van der Waals surface area (Å²) >= 11 is 0. The van der Waals surface area contributed by atoms with E-state index in [1.165, 1.54) is 0 Å². The number of ketones is 1. The van der Waals surface area contributed by atoms with E-state index in [4.69, 9.17) is 0 Å². The van der Waals surface area contributed by atoms with E-state index in [1.807, 2.05) is 43.3 Å². The van der Waals surface area contributed by atoms with Crippen molar-refractivity contribution in [3.05, 3.63) is 29.8 Å². The van der Waals surface area contributed by atoms with E-state index in [2.05, 4.69) is 20.8 Å². The van der Waals surface area contributed by atoms with Crippen molar-refractivity contribution in [2.24, 2.45) is 5.41 Å². The summed E-state index contributed by atoms with van der Waals surface area (Å²) in [7, 11) is 3.96. The Labute approximate surface area is 98.3 Å². The highest BCUT2D eigenvalue weighted by Crippen LogP contribution is 2.23. The van der Waals surface area contributed by atoms with Crippen molar-refractivity contribution in [3.63, 3.8) is 0 Å². The molecule has 0 saturated heterocycles. The van der Waals surface area contributed by atoms with E-state index in [1.54, 1.807) is 0 Å². The van der Waals surface area contributed by atoms with Crippen molar-refractivity contribution in [1.29, 1.82) is 0 Å². The van der Waals surface area contributed by atoms with Gasteiger partial charge in [0, 0.05) is 31.8 Å². The molecule has 0 aliphatic rings. The topological polar surface area (TPSA) is 20.3 Å². The molecule has 0 amide bonds. The Morgan fingerprint density at radius 3 is 2.38 bits per heavy atom. The van der Waals surface area contributed by atoms with Gasteiger partial charge in [0.2, 0.25) is 0 Å². The summed E-state index contributed by atoms with van der Waals surface area (Å²) in [6.07, 6.45) is 0.587. The number of hydrogen-bond donors (Lipinski definition) is 0. The van der Waals surface area contributed by atoms with Crippen LogP contribution in [0.5, 0.6) is 0 Å². The van der Waals surface area contributed by atoms with E-state index in [-0.39, 0.29) is 11.2 Å². The third-order valence-electron chi connectivity index (χ3n) is 2.38. The van der Waals surface area contributed by atoms with Gasteiger partial charge in [-0.1, -0.05) is 32.9 Å². The predicted octanol–water partition coefficient (Wildman–Crippen LogP) is 3.37. The zero-order valence-electron chi connectivity index (χ0n) is 10.9. The molecule has 16 heavy (non-hydrogen) atoms. The summed E-state index contributed by atoms with van der Waals surface area (Å²) in [6.45, 7) is 6.25. The first-order valence-corrected chi connectivity index (χ1v) is 5.60. The maximum Gasteiger partial charge on any atom is 0.163 e. The molecule has 0 fully saturated rings. The van der Waals surface area contributed by atoms with Crippen LogP contribution in [0.4, 0.5) is 5.69 Å². The van der Waals surface area contributed by atoms with Crippen LogP contribution in [-0.4, -0.2) is 19.9 Å². The van der Waals surface area contributed by atoms with Gasteiger partial charge in [0.05, 0.1) is 0 Å².